The summed E-state index contributed by atoms with van der Waals surface area (Å²) in [6, 6.07) is 2.37. The summed E-state index contributed by atoms with van der Waals surface area (Å²) in [6.07, 6.45) is 4.11. The van der Waals surface area contributed by atoms with Crippen molar-refractivity contribution in [3.05, 3.63) is 54.5 Å². The molecule has 4 heterocycles. The number of rotatable bonds is 4. The van der Waals surface area contributed by atoms with E-state index in [2.05, 4.69) is 25.5 Å². The standard InChI is InChI=1S/C22H23F4N7O/c23-17-9-15(1-2-16(17)22(24,25)26)30-19(34)11-31-12-21(29-14-31)3-6-32(7-4-21)20-18-10-27-13-33(18)8-5-28-20/h1-2,5,8-10,13,29H,3-4,6-7,11-12,14H2,(H,30,34). The predicted octanol–water partition coefficient (Wildman–Crippen LogP) is 2.73. The Morgan fingerprint density at radius 2 is 2.03 bits per heavy atom. The number of carbonyl (C=O) groups excluding carboxylic acids is 1. The number of hydrogen-bond acceptors (Lipinski definition) is 6. The van der Waals surface area contributed by atoms with Crippen molar-refractivity contribution in [2.75, 3.05) is 43.1 Å². The minimum absolute atomic E-state index is 0.00720. The monoisotopic (exact) mass is 477 g/mol. The van der Waals surface area contributed by atoms with Crippen LogP contribution < -0.4 is 15.5 Å². The molecule has 2 aromatic heterocycles. The first-order chi connectivity index (χ1) is 16.2. The minimum atomic E-state index is -4.78. The molecule has 0 aliphatic carbocycles. The third-order valence-electron chi connectivity index (χ3n) is 6.47. The van der Waals surface area contributed by atoms with E-state index in [1.54, 1.807) is 18.7 Å². The van der Waals surface area contributed by atoms with Crippen LogP contribution in [-0.2, 0) is 11.0 Å². The Morgan fingerprint density at radius 1 is 1.24 bits per heavy atom. The van der Waals surface area contributed by atoms with Crippen LogP contribution in [0.15, 0.2) is 43.1 Å². The van der Waals surface area contributed by atoms with E-state index in [1.807, 2.05) is 15.5 Å². The Bertz CT molecular complexity index is 1200. The quantitative estimate of drug-likeness (QED) is 0.563. The summed E-state index contributed by atoms with van der Waals surface area (Å²) >= 11 is 0. The number of benzene rings is 1. The highest BCUT2D eigenvalue weighted by molar-refractivity contribution is 5.92. The summed E-state index contributed by atoms with van der Waals surface area (Å²) in [4.78, 5) is 25.3. The molecule has 2 fully saturated rings. The van der Waals surface area contributed by atoms with E-state index in [1.165, 1.54) is 0 Å². The molecule has 2 N–H and O–H groups in total. The van der Waals surface area contributed by atoms with Crippen LogP contribution in [0.5, 0.6) is 0 Å². The summed E-state index contributed by atoms with van der Waals surface area (Å²) in [5, 5.41) is 6.01. The molecular formula is C22H23F4N7O. The predicted molar refractivity (Wildman–Crippen MR) is 117 cm³/mol. The van der Waals surface area contributed by atoms with Gasteiger partial charge in [0.05, 0.1) is 24.6 Å². The van der Waals surface area contributed by atoms with Gasteiger partial charge in [-0.2, -0.15) is 13.2 Å². The van der Waals surface area contributed by atoms with E-state index in [-0.39, 0.29) is 17.8 Å². The number of amides is 1. The van der Waals surface area contributed by atoms with Gasteiger partial charge in [-0.05, 0) is 31.0 Å². The van der Waals surface area contributed by atoms with Gasteiger partial charge < -0.3 is 14.6 Å². The first-order valence-corrected chi connectivity index (χ1v) is 10.9. The number of imidazole rings is 1. The van der Waals surface area contributed by atoms with Crippen molar-refractivity contribution in [2.24, 2.45) is 0 Å². The lowest BCUT2D eigenvalue weighted by Gasteiger charge is -2.40. The number of piperidine rings is 1. The third-order valence-corrected chi connectivity index (χ3v) is 6.47. The van der Waals surface area contributed by atoms with E-state index in [9.17, 15) is 22.4 Å². The number of nitrogens with one attached hydrogen (secondary N) is 2. The van der Waals surface area contributed by atoms with E-state index < -0.39 is 23.5 Å². The van der Waals surface area contributed by atoms with Crippen LogP contribution in [0.25, 0.3) is 5.52 Å². The topological polar surface area (TPSA) is 77.8 Å². The molecule has 1 spiro atoms. The molecule has 180 valence electrons. The summed E-state index contributed by atoms with van der Waals surface area (Å²) in [7, 11) is 0. The molecule has 0 unspecified atom stereocenters. The highest BCUT2D eigenvalue weighted by Gasteiger charge is 2.41. The maximum atomic E-state index is 13.8. The first kappa shape index (κ1) is 22.5. The Hall–Kier alpha value is -3.25. The van der Waals surface area contributed by atoms with E-state index >= 15 is 0 Å². The molecule has 1 aromatic carbocycles. The molecule has 0 radical (unpaired) electrons. The van der Waals surface area contributed by atoms with Gasteiger partial charge in [-0.15, -0.1) is 0 Å². The number of carbonyl (C=O) groups is 1. The maximum Gasteiger partial charge on any atom is 0.419 e. The molecule has 1 amide bonds. The van der Waals surface area contributed by atoms with Gasteiger partial charge in [-0.1, -0.05) is 0 Å². The summed E-state index contributed by atoms with van der Waals surface area (Å²) in [5.74, 6) is -0.931. The Balaban J connectivity index is 1.15. The average molecular weight is 477 g/mol. The minimum Gasteiger partial charge on any atom is -0.355 e. The fourth-order valence-corrected chi connectivity index (χ4v) is 4.72. The van der Waals surface area contributed by atoms with Crippen LogP contribution in [-0.4, -0.2) is 63.6 Å². The Kier molecular flexibility index (Phi) is 5.64. The number of nitrogens with zero attached hydrogens (tertiary/aromatic N) is 5. The van der Waals surface area contributed by atoms with Gasteiger partial charge in [0.2, 0.25) is 5.91 Å². The number of hydrogen-bond donors (Lipinski definition) is 2. The van der Waals surface area contributed by atoms with E-state index in [0.717, 1.165) is 43.3 Å². The van der Waals surface area contributed by atoms with Crippen molar-refractivity contribution in [1.82, 2.24) is 24.6 Å². The smallest absolute Gasteiger partial charge is 0.355 e. The highest BCUT2D eigenvalue weighted by Crippen LogP contribution is 2.33. The average Bonchev–Trinajstić information content (AvgIpc) is 3.41. The summed E-state index contributed by atoms with van der Waals surface area (Å²) in [5.41, 5.74) is -0.534. The van der Waals surface area contributed by atoms with Crippen LogP contribution in [0.1, 0.15) is 18.4 Å². The lowest BCUT2D eigenvalue weighted by atomic mass is 9.88. The lowest BCUT2D eigenvalue weighted by Crippen LogP contribution is -2.52. The van der Waals surface area contributed by atoms with Crippen molar-refractivity contribution < 1.29 is 22.4 Å². The normalized spacial score (nSPS) is 18.6. The Labute approximate surface area is 192 Å². The molecule has 2 saturated heterocycles. The number of halogens is 4. The fourth-order valence-electron chi connectivity index (χ4n) is 4.72. The second-order valence-electron chi connectivity index (χ2n) is 8.77. The number of fused-ring (bicyclic) bond motifs is 1. The van der Waals surface area contributed by atoms with E-state index in [0.29, 0.717) is 25.3 Å². The maximum absolute atomic E-state index is 13.8. The van der Waals surface area contributed by atoms with Crippen LogP contribution >= 0.6 is 0 Å². The van der Waals surface area contributed by atoms with Gasteiger partial charge in [0.25, 0.3) is 0 Å². The molecule has 34 heavy (non-hydrogen) atoms. The molecule has 2 aliphatic heterocycles. The first-order valence-electron chi connectivity index (χ1n) is 10.9. The molecule has 0 atom stereocenters. The molecule has 0 bridgehead atoms. The van der Waals surface area contributed by atoms with Gasteiger partial charge in [-0.25, -0.2) is 14.4 Å². The summed E-state index contributed by atoms with van der Waals surface area (Å²) in [6.45, 7) is 2.84. The zero-order valence-electron chi connectivity index (χ0n) is 18.1. The van der Waals surface area contributed by atoms with Crippen molar-refractivity contribution in [1.29, 1.82) is 0 Å². The van der Waals surface area contributed by atoms with Gasteiger partial charge in [0, 0.05) is 49.9 Å². The molecule has 5 rings (SSSR count). The number of alkyl halides is 3. The molecule has 12 heteroatoms. The third kappa shape index (κ3) is 4.42. The van der Waals surface area contributed by atoms with Gasteiger partial charge in [0.1, 0.15) is 11.3 Å². The molecular weight excluding hydrogens is 454 g/mol. The molecule has 0 saturated carbocycles. The Morgan fingerprint density at radius 3 is 2.76 bits per heavy atom. The zero-order chi connectivity index (χ0) is 23.9. The number of aromatic nitrogens is 3. The van der Waals surface area contributed by atoms with Crippen LogP contribution in [0, 0.1) is 5.82 Å². The van der Waals surface area contributed by atoms with E-state index in [4.69, 9.17) is 0 Å². The largest absolute Gasteiger partial charge is 0.419 e. The van der Waals surface area contributed by atoms with Crippen molar-refractivity contribution in [3.63, 3.8) is 0 Å². The van der Waals surface area contributed by atoms with Crippen LogP contribution in [0.4, 0.5) is 29.1 Å². The highest BCUT2D eigenvalue weighted by atomic mass is 19.4. The van der Waals surface area contributed by atoms with Gasteiger partial charge in [-0.3, -0.25) is 15.0 Å². The van der Waals surface area contributed by atoms with Crippen LogP contribution in [0.3, 0.4) is 0 Å². The van der Waals surface area contributed by atoms with Gasteiger partial charge in [0.15, 0.2) is 5.82 Å². The number of anilines is 2. The second-order valence-corrected chi connectivity index (χ2v) is 8.77. The molecule has 2 aliphatic rings. The lowest BCUT2D eigenvalue weighted by molar-refractivity contribution is -0.139. The van der Waals surface area contributed by atoms with Gasteiger partial charge >= 0.3 is 6.18 Å². The summed E-state index contributed by atoms with van der Waals surface area (Å²) < 4.78 is 53.8. The SMILES string of the molecule is O=C(CN1CNC2(CCN(c3nccn4cncc34)CC2)C1)Nc1ccc(C(F)(F)F)c(F)c1. The second kappa shape index (κ2) is 8.51. The molecule has 3 aromatic rings. The van der Waals surface area contributed by atoms with Crippen molar-refractivity contribution in [2.45, 2.75) is 24.6 Å². The van der Waals surface area contributed by atoms with Crippen molar-refractivity contribution >= 4 is 22.9 Å². The van der Waals surface area contributed by atoms with Crippen LogP contribution in [0.2, 0.25) is 0 Å². The van der Waals surface area contributed by atoms with Crippen molar-refractivity contribution in [3.8, 4) is 0 Å². The molecule has 8 nitrogen and oxygen atoms in total. The fraction of sp³-hybridized carbons (Fsp3) is 0.409. The zero-order valence-corrected chi connectivity index (χ0v) is 18.1.